The highest BCUT2D eigenvalue weighted by Gasteiger charge is 2.46. The van der Waals surface area contributed by atoms with Gasteiger partial charge in [0.05, 0.1) is 12.1 Å². The first-order valence-electron chi connectivity index (χ1n) is 7.62. The standard InChI is InChI=1S/C17H18FN3O2/c1-3-8-17(2)15(22)21(16(23)20-17)10-11-6-7-13(18)12-5-4-9-19-14(11)12/h4-7,9H,3,8,10H2,1-2H3,(H,20,23). The zero-order chi connectivity index (χ0) is 16.6. The van der Waals surface area contributed by atoms with Crippen LogP contribution in [-0.4, -0.2) is 27.4 Å². The monoisotopic (exact) mass is 315 g/mol. The average molecular weight is 315 g/mol. The third-order valence-corrected chi connectivity index (χ3v) is 4.22. The minimum absolute atomic E-state index is 0.0811. The van der Waals surface area contributed by atoms with Crippen molar-refractivity contribution < 1.29 is 14.0 Å². The molecule has 1 N–H and O–H groups in total. The summed E-state index contributed by atoms with van der Waals surface area (Å²) in [5.74, 6) is -0.623. The van der Waals surface area contributed by atoms with Crippen LogP contribution < -0.4 is 5.32 Å². The van der Waals surface area contributed by atoms with Crippen LogP contribution in [0.1, 0.15) is 32.3 Å². The molecule has 3 amide bonds. The molecule has 0 aliphatic carbocycles. The number of hydrogen-bond donors (Lipinski definition) is 1. The van der Waals surface area contributed by atoms with E-state index in [1.54, 1.807) is 31.3 Å². The van der Waals surface area contributed by atoms with Crippen LogP contribution in [0.3, 0.4) is 0 Å². The van der Waals surface area contributed by atoms with Crippen molar-refractivity contribution in [1.82, 2.24) is 15.2 Å². The fraction of sp³-hybridized carbons (Fsp3) is 0.353. The molecule has 23 heavy (non-hydrogen) atoms. The molecule has 5 nitrogen and oxygen atoms in total. The van der Waals surface area contributed by atoms with E-state index < -0.39 is 11.6 Å². The van der Waals surface area contributed by atoms with Gasteiger partial charge in [0.25, 0.3) is 5.91 Å². The number of nitrogens with one attached hydrogen (secondary N) is 1. The largest absolute Gasteiger partial charge is 0.325 e. The van der Waals surface area contributed by atoms with E-state index in [1.807, 2.05) is 6.92 Å². The highest BCUT2D eigenvalue weighted by atomic mass is 19.1. The Morgan fingerprint density at radius 1 is 1.30 bits per heavy atom. The lowest BCUT2D eigenvalue weighted by Crippen LogP contribution is -2.43. The van der Waals surface area contributed by atoms with Gasteiger partial charge in [0, 0.05) is 11.6 Å². The Morgan fingerprint density at radius 2 is 2.09 bits per heavy atom. The van der Waals surface area contributed by atoms with Gasteiger partial charge in [-0.25, -0.2) is 9.18 Å². The summed E-state index contributed by atoms with van der Waals surface area (Å²) in [5.41, 5.74) is 0.248. The van der Waals surface area contributed by atoms with E-state index in [0.29, 0.717) is 22.9 Å². The molecule has 1 fully saturated rings. The Labute approximate surface area is 133 Å². The zero-order valence-corrected chi connectivity index (χ0v) is 13.1. The summed E-state index contributed by atoms with van der Waals surface area (Å²) in [6, 6.07) is 5.78. The van der Waals surface area contributed by atoms with Crippen molar-refractivity contribution in [2.75, 3.05) is 0 Å². The number of nitrogens with zero attached hydrogens (tertiary/aromatic N) is 2. The second kappa shape index (κ2) is 5.61. The van der Waals surface area contributed by atoms with Gasteiger partial charge in [0.15, 0.2) is 0 Å². The molecule has 120 valence electrons. The second-order valence-corrected chi connectivity index (χ2v) is 6.01. The Hall–Kier alpha value is -2.50. The van der Waals surface area contributed by atoms with Crippen LogP contribution in [0, 0.1) is 5.82 Å². The van der Waals surface area contributed by atoms with E-state index in [-0.39, 0.29) is 18.3 Å². The van der Waals surface area contributed by atoms with Crippen LogP contribution >= 0.6 is 0 Å². The maximum Gasteiger partial charge on any atom is 0.325 e. The van der Waals surface area contributed by atoms with Crippen LogP contribution in [0.15, 0.2) is 30.5 Å². The molecule has 0 spiro atoms. The number of halogens is 1. The summed E-state index contributed by atoms with van der Waals surface area (Å²) in [4.78, 5) is 30.1. The van der Waals surface area contributed by atoms with Crippen molar-refractivity contribution >= 4 is 22.8 Å². The first-order valence-corrected chi connectivity index (χ1v) is 7.62. The second-order valence-electron chi connectivity index (χ2n) is 6.01. The number of urea groups is 1. The third-order valence-electron chi connectivity index (χ3n) is 4.22. The molecular formula is C17H18FN3O2. The van der Waals surface area contributed by atoms with Gasteiger partial charge < -0.3 is 5.32 Å². The molecule has 0 radical (unpaired) electrons. The van der Waals surface area contributed by atoms with E-state index in [9.17, 15) is 14.0 Å². The molecule has 1 aliphatic heterocycles. The summed E-state index contributed by atoms with van der Waals surface area (Å²) in [5, 5.41) is 3.14. The molecule has 3 rings (SSSR count). The van der Waals surface area contributed by atoms with E-state index in [1.165, 1.54) is 11.0 Å². The fourth-order valence-corrected chi connectivity index (χ4v) is 3.05. The molecule has 2 heterocycles. The SMILES string of the molecule is CCCC1(C)NC(=O)N(Cc2ccc(F)c3cccnc23)C1=O. The summed E-state index contributed by atoms with van der Waals surface area (Å²) in [6.45, 7) is 3.78. The molecule has 2 aromatic rings. The number of carbonyl (C=O) groups is 2. The van der Waals surface area contributed by atoms with Crippen molar-refractivity contribution in [3.8, 4) is 0 Å². The topological polar surface area (TPSA) is 62.3 Å². The summed E-state index contributed by atoms with van der Waals surface area (Å²) in [6.07, 6.45) is 2.94. The minimum Gasteiger partial charge on any atom is -0.323 e. The molecule has 1 atom stereocenters. The minimum atomic E-state index is -0.866. The molecule has 1 aliphatic rings. The lowest BCUT2D eigenvalue weighted by molar-refractivity contribution is -0.131. The average Bonchev–Trinajstić information content (AvgIpc) is 2.73. The molecular weight excluding hydrogens is 297 g/mol. The van der Waals surface area contributed by atoms with Gasteiger partial charge in [-0.15, -0.1) is 0 Å². The number of amides is 3. The Balaban J connectivity index is 1.95. The van der Waals surface area contributed by atoms with E-state index in [2.05, 4.69) is 10.3 Å². The lowest BCUT2D eigenvalue weighted by Gasteiger charge is -2.20. The quantitative estimate of drug-likeness (QED) is 0.882. The summed E-state index contributed by atoms with van der Waals surface area (Å²) >= 11 is 0. The number of imide groups is 1. The molecule has 0 bridgehead atoms. The van der Waals surface area contributed by atoms with E-state index >= 15 is 0 Å². The lowest BCUT2D eigenvalue weighted by atomic mass is 9.96. The van der Waals surface area contributed by atoms with Crippen LogP contribution in [-0.2, 0) is 11.3 Å². The number of pyridine rings is 1. The van der Waals surface area contributed by atoms with Crippen molar-refractivity contribution in [3.63, 3.8) is 0 Å². The first-order chi connectivity index (χ1) is 11.0. The number of fused-ring (bicyclic) bond motifs is 1. The number of hydrogen-bond acceptors (Lipinski definition) is 3. The van der Waals surface area contributed by atoms with Crippen molar-refractivity contribution in [3.05, 3.63) is 41.8 Å². The number of aromatic nitrogens is 1. The van der Waals surface area contributed by atoms with E-state index in [0.717, 1.165) is 6.42 Å². The molecule has 1 aromatic heterocycles. The highest BCUT2D eigenvalue weighted by Crippen LogP contribution is 2.26. The summed E-state index contributed by atoms with van der Waals surface area (Å²) < 4.78 is 13.9. The molecule has 1 saturated heterocycles. The number of benzene rings is 1. The molecule has 1 aromatic carbocycles. The van der Waals surface area contributed by atoms with Crippen molar-refractivity contribution in [2.45, 2.75) is 38.8 Å². The maximum absolute atomic E-state index is 13.9. The number of rotatable bonds is 4. The van der Waals surface area contributed by atoms with Crippen LogP contribution in [0.2, 0.25) is 0 Å². The van der Waals surface area contributed by atoms with Gasteiger partial charge in [0.2, 0.25) is 0 Å². The smallest absolute Gasteiger partial charge is 0.323 e. The van der Waals surface area contributed by atoms with Gasteiger partial charge in [-0.2, -0.15) is 0 Å². The Bertz CT molecular complexity index is 793. The molecule has 1 unspecified atom stereocenters. The predicted octanol–water partition coefficient (Wildman–Crippen LogP) is 2.98. The Kier molecular flexibility index (Phi) is 3.75. The first kappa shape index (κ1) is 15.4. The van der Waals surface area contributed by atoms with Crippen molar-refractivity contribution in [1.29, 1.82) is 0 Å². The van der Waals surface area contributed by atoms with Gasteiger partial charge in [-0.3, -0.25) is 14.7 Å². The van der Waals surface area contributed by atoms with Gasteiger partial charge >= 0.3 is 6.03 Å². The van der Waals surface area contributed by atoms with Crippen molar-refractivity contribution in [2.24, 2.45) is 0 Å². The van der Waals surface area contributed by atoms with Crippen LogP contribution in [0.5, 0.6) is 0 Å². The highest BCUT2D eigenvalue weighted by molar-refractivity contribution is 6.06. The van der Waals surface area contributed by atoms with Gasteiger partial charge in [-0.1, -0.05) is 19.4 Å². The number of carbonyl (C=O) groups excluding carboxylic acids is 2. The predicted molar refractivity (Wildman–Crippen MR) is 84.1 cm³/mol. The molecule has 6 heteroatoms. The van der Waals surface area contributed by atoms with Gasteiger partial charge in [-0.05, 0) is 37.1 Å². The fourth-order valence-electron chi connectivity index (χ4n) is 3.05. The maximum atomic E-state index is 13.9. The van der Waals surface area contributed by atoms with E-state index in [4.69, 9.17) is 0 Å². The van der Waals surface area contributed by atoms with Crippen LogP contribution in [0.25, 0.3) is 10.9 Å². The zero-order valence-electron chi connectivity index (χ0n) is 13.1. The normalized spacial score (nSPS) is 21.1. The van der Waals surface area contributed by atoms with Crippen LogP contribution in [0.4, 0.5) is 9.18 Å². The van der Waals surface area contributed by atoms with Gasteiger partial charge in [0.1, 0.15) is 11.4 Å². The Morgan fingerprint density at radius 3 is 2.83 bits per heavy atom. The summed E-state index contributed by atoms with van der Waals surface area (Å²) in [7, 11) is 0. The molecule has 0 saturated carbocycles. The third kappa shape index (κ3) is 2.54.